The molecule has 4 heteroatoms. The number of hydrogen-bond acceptors (Lipinski definition) is 3. The molecule has 0 spiro atoms. The standard InChI is InChI=1S/C19H21N3O/c1-19(2)17(21-16-11-7-6-10-15(16)20)12-18(23)22(19)13-14-8-4-3-5-9-14/h3-11H,12-13,20H2,1-2H3. The molecule has 2 N–H and O–H groups in total. The molecule has 1 saturated heterocycles. The van der Waals surface area contributed by atoms with Gasteiger partial charge in [-0.3, -0.25) is 9.79 Å². The van der Waals surface area contributed by atoms with E-state index in [1.807, 2.05) is 73.3 Å². The minimum Gasteiger partial charge on any atom is -0.397 e. The van der Waals surface area contributed by atoms with Crippen LogP contribution in [0, 0.1) is 0 Å². The van der Waals surface area contributed by atoms with Gasteiger partial charge >= 0.3 is 0 Å². The highest BCUT2D eigenvalue weighted by atomic mass is 16.2. The average Bonchev–Trinajstić information content (AvgIpc) is 2.74. The summed E-state index contributed by atoms with van der Waals surface area (Å²) in [6, 6.07) is 17.5. The molecule has 2 aromatic carbocycles. The van der Waals surface area contributed by atoms with Gasteiger partial charge in [-0.2, -0.15) is 0 Å². The number of benzene rings is 2. The molecule has 2 aromatic rings. The molecule has 1 amide bonds. The molecule has 4 nitrogen and oxygen atoms in total. The van der Waals surface area contributed by atoms with Crippen LogP contribution >= 0.6 is 0 Å². The molecule has 0 radical (unpaired) electrons. The van der Waals surface area contributed by atoms with E-state index in [4.69, 9.17) is 5.73 Å². The number of nitrogen functional groups attached to an aromatic ring is 1. The van der Waals surface area contributed by atoms with Crippen molar-refractivity contribution in [2.75, 3.05) is 5.73 Å². The van der Waals surface area contributed by atoms with Gasteiger partial charge in [0.15, 0.2) is 0 Å². The molecule has 0 unspecified atom stereocenters. The average molecular weight is 307 g/mol. The third kappa shape index (κ3) is 2.97. The quantitative estimate of drug-likeness (QED) is 0.882. The summed E-state index contributed by atoms with van der Waals surface area (Å²) < 4.78 is 0. The molecular weight excluding hydrogens is 286 g/mol. The number of amides is 1. The van der Waals surface area contributed by atoms with Crippen molar-refractivity contribution in [3.63, 3.8) is 0 Å². The number of likely N-dealkylation sites (tertiary alicyclic amines) is 1. The van der Waals surface area contributed by atoms with Gasteiger partial charge in [0.25, 0.3) is 0 Å². The van der Waals surface area contributed by atoms with Crippen LogP contribution in [0.3, 0.4) is 0 Å². The maximum atomic E-state index is 12.5. The largest absolute Gasteiger partial charge is 0.397 e. The number of carbonyl (C=O) groups excluding carboxylic acids is 1. The molecule has 118 valence electrons. The lowest BCUT2D eigenvalue weighted by molar-refractivity contribution is -0.131. The fourth-order valence-electron chi connectivity index (χ4n) is 2.89. The van der Waals surface area contributed by atoms with Crippen LogP contribution in [-0.2, 0) is 11.3 Å². The maximum Gasteiger partial charge on any atom is 0.229 e. The maximum absolute atomic E-state index is 12.5. The summed E-state index contributed by atoms with van der Waals surface area (Å²) in [5.74, 6) is 0.104. The van der Waals surface area contributed by atoms with E-state index >= 15 is 0 Å². The fourth-order valence-corrected chi connectivity index (χ4v) is 2.89. The number of para-hydroxylation sites is 2. The Morgan fingerprint density at radius 1 is 1.09 bits per heavy atom. The van der Waals surface area contributed by atoms with Crippen molar-refractivity contribution >= 4 is 23.0 Å². The van der Waals surface area contributed by atoms with E-state index in [1.54, 1.807) is 0 Å². The lowest BCUT2D eigenvalue weighted by atomic mass is 9.98. The van der Waals surface area contributed by atoms with Gasteiger partial charge in [-0.25, -0.2) is 0 Å². The first-order valence-electron chi connectivity index (χ1n) is 7.75. The normalized spacial score (nSPS) is 18.6. The predicted molar refractivity (Wildman–Crippen MR) is 93.6 cm³/mol. The summed E-state index contributed by atoms with van der Waals surface area (Å²) in [6.07, 6.45) is 0.341. The van der Waals surface area contributed by atoms with E-state index in [2.05, 4.69) is 4.99 Å². The highest BCUT2D eigenvalue weighted by Crippen LogP contribution is 2.32. The van der Waals surface area contributed by atoms with Gasteiger partial charge in [-0.05, 0) is 31.5 Å². The second-order valence-electron chi connectivity index (χ2n) is 6.32. The van der Waals surface area contributed by atoms with E-state index in [0.717, 1.165) is 17.0 Å². The molecule has 0 aliphatic carbocycles. The van der Waals surface area contributed by atoms with E-state index in [-0.39, 0.29) is 5.91 Å². The van der Waals surface area contributed by atoms with Gasteiger partial charge in [0.2, 0.25) is 5.91 Å². The topological polar surface area (TPSA) is 58.7 Å². The summed E-state index contributed by atoms with van der Waals surface area (Å²) in [5, 5.41) is 0. The first-order valence-corrected chi connectivity index (χ1v) is 7.75. The number of hydrogen-bond donors (Lipinski definition) is 1. The molecule has 0 atom stereocenters. The van der Waals surface area contributed by atoms with Crippen molar-refractivity contribution in [3.05, 3.63) is 60.2 Å². The Bertz CT molecular complexity index is 750. The number of aliphatic imine (C=N–C) groups is 1. The van der Waals surface area contributed by atoms with Gasteiger partial charge in [-0.1, -0.05) is 42.5 Å². The zero-order valence-corrected chi connectivity index (χ0v) is 13.5. The summed E-state index contributed by atoms with van der Waals surface area (Å²) in [5.41, 5.74) is 8.89. The van der Waals surface area contributed by atoms with Crippen LogP contribution in [0.5, 0.6) is 0 Å². The summed E-state index contributed by atoms with van der Waals surface area (Å²) in [6.45, 7) is 4.67. The van der Waals surface area contributed by atoms with Crippen LogP contribution in [0.1, 0.15) is 25.8 Å². The van der Waals surface area contributed by atoms with Crippen molar-refractivity contribution in [1.29, 1.82) is 0 Å². The smallest absolute Gasteiger partial charge is 0.229 e. The Kier molecular flexibility index (Phi) is 3.90. The van der Waals surface area contributed by atoms with Crippen molar-refractivity contribution in [2.45, 2.75) is 32.4 Å². The third-order valence-corrected chi connectivity index (χ3v) is 4.38. The van der Waals surface area contributed by atoms with Gasteiger partial charge in [0.1, 0.15) is 0 Å². The molecule has 3 rings (SSSR count). The van der Waals surface area contributed by atoms with Gasteiger partial charge in [-0.15, -0.1) is 0 Å². The molecule has 0 saturated carbocycles. The monoisotopic (exact) mass is 307 g/mol. The van der Waals surface area contributed by atoms with Gasteiger partial charge < -0.3 is 10.6 Å². The second kappa shape index (κ2) is 5.88. The highest BCUT2D eigenvalue weighted by molar-refractivity contribution is 6.13. The van der Waals surface area contributed by atoms with Crippen molar-refractivity contribution in [3.8, 4) is 0 Å². The Balaban J connectivity index is 1.91. The SMILES string of the molecule is CC1(C)C(=Nc2ccccc2N)CC(=O)N1Cc1ccccc1. The minimum absolute atomic E-state index is 0.104. The summed E-state index contributed by atoms with van der Waals surface area (Å²) >= 11 is 0. The van der Waals surface area contributed by atoms with E-state index in [1.165, 1.54) is 0 Å². The van der Waals surface area contributed by atoms with E-state index < -0.39 is 5.54 Å². The first kappa shape index (κ1) is 15.3. The van der Waals surface area contributed by atoms with Crippen LogP contribution in [-0.4, -0.2) is 22.1 Å². The fraction of sp³-hybridized carbons (Fsp3) is 0.263. The van der Waals surface area contributed by atoms with Crippen LogP contribution in [0.25, 0.3) is 0 Å². The van der Waals surface area contributed by atoms with Crippen molar-refractivity contribution in [2.24, 2.45) is 4.99 Å². The van der Waals surface area contributed by atoms with Crippen LogP contribution in [0.2, 0.25) is 0 Å². The predicted octanol–water partition coefficient (Wildman–Crippen LogP) is 3.55. The molecule has 1 heterocycles. The first-order chi connectivity index (χ1) is 11.0. The van der Waals surface area contributed by atoms with E-state index in [0.29, 0.717) is 18.7 Å². The molecule has 1 aliphatic rings. The lowest BCUT2D eigenvalue weighted by Gasteiger charge is -2.32. The van der Waals surface area contributed by atoms with Crippen LogP contribution in [0.4, 0.5) is 11.4 Å². The Morgan fingerprint density at radius 3 is 2.43 bits per heavy atom. The molecule has 1 aliphatic heterocycles. The van der Waals surface area contributed by atoms with Crippen LogP contribution < -0.4 is 5.73 Å². The third-order valence-electron chi connectivity index (χ3n) is 4.38. The van der Waals surface area contributed by atoms with Crippen molar-refractivity contribution in [1.82, 2.24) is 4.90 Å². The molecule has 23 heavy (non-hydrogen) atoms. The highest BCUT2D eigenvalue weighted by Gasteiger charge is 2.43. The Hall–Kier alpha value is -2.62. The van der Waals surface area contributed by atoms with Crippen molar-refractivity contribution < 1.29 is 4.79 Å². The zero-order valence-electron chi connectivity index (χ0n) is 13.5. The molecule has 0 aromatic heterocycles. The van der Waals surface area contributed by atoms with Crippen LogP contribution in [0.15, 0.2) is 59.6 Å². The zero-order chi connectivity index (χ0) is 16.4. The number of nitrogens with zero attached hydrogens (tertiary/aromatic N) is 2. The number of carbonyl (C=O) groups is 1. The van der Waals surface area contributed by atoms with Gasteiger partial charge in [0, 0.05) is 6.54 Å². The Morgan fingerprint density at radius 2 is 1.74 bits per heavy atom. The summed E-state index contributed by atoms with van der Waals surface area (Å²) in [7, 11) is 0. The lowest BCUT2D eigenvalue weighted by Crippen LogP contribution is -2.43. The second-order valence-corrected chi connectivity index (χ2v) is 6.32. The van der Waals surface area contributed by atoms with E-state index in [9.17, 15) is 4.79 Å². The molecule has 0 bridgehead atoms. The minimum atomic E-state index is -0.421. The number of anilines is 1. The number of rotatable bonds is 3. The molecular formula is C19H21N3O. The van der Waals surface area contributed by atoms with Gasteiger partial charge in [0.05, 0.1) is 29.0 Å². The number of nitrogens with two attached hydrogens (primary N) is 1. The molecule has 1 fully saturated rings. The Labute approximate surface area is 136 Å². The summed E-state index contributed by atoms with van der Waals surface area (Å²) in [4.78, 5) is 19.1.